The molecule has 0 saturated heterocycles. The van der Waals surface area contributed by atoms with Crippen LogP contribution in [0.5, 0.6) is 0 Å². The smallest absolute Gasteiger partial charge is 0.255 e. The molecule has 3 heterocycles. The number of carbonyl (C=O) groups excluding carboxylic acids is 1. The minimum absolute atomic E-state index is 0.0853. The van der Waals surface area contributed by atoms with Gasteiger partial charge in [-0.05, 0) is 61.8 Å². The monoisotopic (exact) mass is 444 g/mol. The largest absolute Gasteiger partial charge is 0.381 e. The van der Waals surface area contributed by atoms with Gasteiger partial charge < -0.3 is 15.8 Å². The standard InChI is InChI=1S/C25H28N6O2/c1-33-17-6-4-16(5-7-17)29-25(32)20-13-28-31-9-8-15(10-22(20)31)18-11-21(26)23-19(18)12-27-24(30-23)14-2-3-14/h8-14,16-17,21H,2-7,26H2,1H3,(H,29,32)/t16?,17?,21-/m0/s1. The van der Waals surface area contributed by atoms with Crippen LogP contribution in [0.15, 0.2) is 36.8 Å². The number of rotatable bonds is 5. The van der Waals surface area contributed by atoms with Crippen LogP contribution in [0, 0.1) is 0 Å². The first kappa shape index (κ1) is 20.5. The van der Waals surface area contributed by atoms with Crippen LogP contribution >= 0.6 is 0 Å². The summed E-state index contributed by atoms with van der Waals surface area (Å²) in [6, 6.07) is 3.92. The second-order valence-electron chi connectivity index (χ2n) is 9.39. The maximum absolute atomic E-state index is 13.1. The summed E-state index contributed by atoms with van der Waals surface area (Å²) in [5.41, 5.74) is 11.6. The minimum Gasteiger partial charge on any atom is -0.381 e. The maximum Gasteiger partial charge on any atom is 0.255 e. The van der Waals surface area contributed by atoms with E-state index in [1.54, 1.807) is 17.8 Å². The Bertz CT molecular complexity index is 1250. The molecule has 8 heteroatoms. The molecule has 3 aliphatic rings. The van der Waals surface area contributed by atoms with Crippen molar-refractivity contribution < 1.29 is 9.53 Å². The van der Waals surface area contributed by atoms with Crippen LogP contribution in [0.2, 0.25) is 0 Å². The Morgan fingerprint density at radius 2 is 2.00 bits per heavy atom. The first-order valence-electron chi connectivity index (χ1n) is 11.8. The van der Waals surface area contributed by atoms with Gasteiger partial charge in [-0.1, -0.05) is 6.08 Å². The average molecular weight is 445 g/mol. The third-order valence-electron chi connectivity index (χ3n) is 7.15. The van der Waals surface area contributed by atoms with Crippen molar-refractivity contribution in [2.75, 3.05) is 7.11 Å². The summed E-state index contributed by atoms with van der Waals surface area (Å²) in [6.45, 7) is 0. The highest BCUT2D eigenvalue weighted by atomic mass is 16.5. The Labute approximate surface area is 192 Å². The summed E-state index contributed by atoms with van der Waals surface area (Å²) in [7, 11) is 1.75. The van der Waals surface area contributed by atoms with Gasteiger partial charge in [0, 0.05) is 37.0 Å². The van der Waals surface area contributed by atoms with E-state index in [1.807, 2.05) is 30.6 Å². The molecule has 3 N–H and O–H groups in total. The molecule has 0 radical (unpaired) electrons. The second-order valence-corrected chi connectivity index (χ2v) is 9.39. The van der Waals surface area contributed by atoms with Gasteiger partial charge in [-0.3, -0.25) is 4.79 Å². The lowest BCUT2D eigenvalue weighted by atomic mass is 9.93. The fraction of sp³-hybridized carbons (Fsp3) is 0.440. The van der Waals surface area contributed by atoms with E-state index in [2.05, 4.69) is 15.4 Å². The molecule has 3 aromatic heterocycles. The molecule has 0 bridgehead atoms. The second kappa shape index (κ2) is 8.04. The van der Waals surface area contributed by atoms with E-state index in [1.165, 1.54) is 0 Å². The number of carbonyl (C=O) groups is 1. The van der Waals surface area contributed by atoms with Crippen molar-refractivity contribution in [2.24, 2.45) is 5.73 Å². The predicted molar refractivity (Wildman–Crippen MR) is 124 cm³/mol. The number of fused-ring (bicyclic) bond motifs is 2. The quantitative estimate of drug-likeness (QED) is 0.626. The average Bonchev–Trinajstić information content (AvgIpc) is 3.53. The number of pyridine rings is 1. The van der Waals surface area contributed by atoms with Crippen LogP contribution in [0.1, 0.15) is 83.5 Å². The van der Waals surface area contributed by atoms with E-state index in [9.17, 15) is 4.79 Å². The number of aromatic nitrogens is 4. The van der Waals surface area contributed by atoms with E-state index in [-0.39, 0.29) is 18.0 Å². The topological polar surface area (TPSA) is 107 Å². The highest BCUT2D eigenvalue weighted by molar-refractivity contribution is 6.01. The molecule has 0 aliphatic heterocycles. The first-order chi connectivity index (χ1) is 16.1. The van der Waals surface area contributed by atoms with Crippen molar-refractivity contribution in [2.45, 2.75) is 62.6 Å². The molecule has 1 amide bonds. The third kappa shape index (κ3) is 3.73. The summed E-state index contributed by atoms with van der Waals surface area (Å²) < 4.78 is 7.18. The number of methoxy groups -OCH3 is 1. The molecule has 3 aliphatic carbocycles. The van der Waals surface area contributed by atoms with Crippen LogP contribution in [0.25, 0.3) is 11.1 Å². The summed E-state index contributed by atoms with van der Waals surface area (Å²) in [6.07, 6.45) is 13.9. The lowest BCUT2D eigenvalue weighted by molar-refractivity contribution is 0.0599. The zero-order chi connectivity index (χ0) is 22.5. The molecule has 2 fully saturated rings. The lowest BCUT2D eigenvalue weighted by Crippen LogP contribution is -2.38. The van der Waals surface area contributed by atoms with Gasteiger partial charge in [-0.2, -0.15) is 5.10 Å². The Balaban J connectivity index is 1.27. The number of nitrogens with two attached hydrogens (primary N) is 1. The Morgan fingerprint density at radius 1 is 1.18 bits per heavy atom. The summed E-state index contributed by atoms with van der Waals surface area (Å²) in [4.78, 5) is 22.4. The molecular formula is C25H28N6O2. The molecular weight excluding hydrogens is 416 g/mol. The fourth-order valence-corrected chi connectivity index (χ4v) is 5.04. The predicted octanol–water partition coefficient (Wildman–Crippen LogP) is 3.13. The van der Waals surface area contributed by atoms with Crippen LogP contribution in [0.3, 0.4) is 0 Å². The highest BCUT2D eigenvalue weighted by Gasteiger charge is 2.31. The first-order valence-corrected chi connectivity index (χ1v) is 11.8. The van der Waals surface area contributed by atoms with Crippen molar-refractivity contribution in [3.8, 4) is 0 Å². The number of amides is 1. The Hall–Kier alpha value is -3.10. The van der Waals surface area contributed by atoms with Gasteiger partial charge in [0.15, 0.2) is 0 Å². The van der Waals surface area contributed by atoms with Gasteiger partial charge >= 0.3 is 0 Å². The van der Waals surface area contributed by atoms with Gasteiger partial charge in [-0.15, -0.1) is 0 Å². The zero-order valence-corrected chi connectivity index (χ0v) is 18.7. The molecule has 33 heavy (non-hydrogen) atoms. The fourth-order valence-electron chi connectivity index (χ4n) is 5.04. The SMILES string of the molecule is COC1CCC(NC(=O)c2cnn3ccc(C4=C[C@H](N)c5nc(C6CC6)ncc54)cc23)CC1. The van der Waals surface area contributed by atoms with Crippen molar-refractivity contribution in [3.63, 3.8) is 0 Å². The third-order valence-corrected chi connectivity index (χ3v) is 7.15. The molecule has 0 unspecified atom stereocenters. The van der Waals surface area contributed by atoms with Crippen molar-refractivity contribution in [3.05, 3.63) is 65.0 Å². The van der Waals surface area contributed by atoms with E-state index in [4.69, 9.17) is 15.5 Å². The van der Waals surface area contributed by atoms with Crippen LogP contribution in [0.4, 0.5) is 0 Å². The minimum atomic E-state index is -0.248. The van der Waals surface area contributed by atoms with Crippen molar-refractivity contribution in [1.29, 1.82) is 0 Å². The molecule has 2 saturated carbocycles. The van der Waals surface area contributed by atoms with Crippen molar-refractivity contribution in [1.82, 2.24) is 24.9 Å². The van der Waals surface area contributed by atoms with E-state index >= 15 is 0 Å². The van der Waals surface area contributed by atoms with Gasteiger partial charge in [0.1, 0.15) is 5.82 Å². The van der Waals surface area contributed by atoms with Gasteiger partial charge in [0.25, 0.3) is 5.91 Å². The summed E-state index contributed by atoms with van der Waals surface area (Å²) in [5.74, 6) is 1.31. The van der Waals surface area contributed by atoms with E-state index < -0.39 is 0 Å². The van der Waals surface area contributed by atoms with E-state index in [0.717, 1.165) is 72.3 Å². The zero-order valence-electron chi connectivity index (χ0n) is 18.7. The maximum atomic E-state index is 13.1. The molecule has 8 nitrogen and oxygen atoms in total. The molecule has 0 spiro atoms. The lowest BCUT2D eigenvalue weighted by Gasteiger charge is -2.28. The Morgan fingerprint density at radius 3 is 2.76 bits per heavy atom. The number of nitrogens with one attached hydrogen (secondary N) is 1. The number of hydrogen-bond acceptors (Lipinski definition) is 6. The summed E-state index contributed by atoms with van der Waals surface area (Å²) in [5, 5.41) is 7.58. The van der Waals surface area contributed by atoms with Crippen LogP contribution in [-0.4, -0.2) is 44.7 Å². The van der Waals surface area contributed by atoms with Crippen molar-refractivity contribution >= 4 is 17.0 Å². The van der Waals surface area contributed by atoms with Gasteiger partial charge in [0.05, 0.1) is 35.1 Å². The Kier molecular flexibility index (Phi) is 4.99. The van der Waals surface area contributed by atoms with E-state index in [0.29, 0.717) is 17.6 Å². The number of hydrogen-bond donors (Lipinski definition) is 2. The molecule has 3 aromatic rings. The molecule has 170 valence electrons. The molecule has 1 atom stereocenters. The number of nitrogens with zero attached hydrogens (tertiary/aromatic N) is 4. The van der Waals surface area contributed by atoms with Crippen LogP contribution in [-0.2, 0) is 4.74 Å². The van der Waals surface area contributed by atoms with Gasteiger partial charge in [-0.25, -0.2) is 14.5 Å². The van der Waals surface area contributed by atoms with Crippen LogP contribution < -0.4 is 11.1 Å². The molecule has 0 aromatic carbocycles. The summed E-state index contributed by atoms with van der Waals surface area (Å²) >= 11 is 0. The molecule has 6 rings (SSSR count). The number of ether oxygens (including phenoxy) is 1. The normalized spacial score (nSPS) is 24.5. The highest BCUT2D eigenvalue weighted by Crippen LogP contribution is 2.41. The van der Waals surface area contributed by atoms with Gasteiger partial charge in [0.2, 0.25) is 0 Å².